The maximum absolute atomic E-state index is 11.7. The highest BCUT2D eigenvalue weighted by atomic mass is 16.7. The van der Waals surface area contributed by atoms with Crippen LogP contribution >= 0.6 is 0 Å². The van der Waals surface area contributed by atoms with Crippen LogP contribution in [0.3, 0.4) is 0 Å². The van der Waals surface area contributed by atoms with Crippen molar-refractivity contribution in [1.29, 1.82) is 5.53 Å². The van der Waals surface area contributed by atoms with Gasteiger partial charge in [-0.25, -0.2) is 15.3 Å². The number of hydrogen-bond acceptors (Lipinski definition) is 8. The van der Waals surface area contributed by atoms with Gasteiger partial charge in [-0.15, -0.1) is 5.11 Å². The van der Waals surface area contributed by atoms with Crippen LogP contribution in [0.4, 0.5) is 0 Å². The summed E-state index contributed by atoms with van der Waals surface area (Å²) in [7, 11) is 1.38. The average Bonchev–Trinajstić information content (AvgIpc) is 3.08. The van der Waals surface area contributed by atoms with Crippen molar-refractivity contribution in [3.8, 4) is 11.5 Å². The van der Waals surface area contributed by atoms with Gasteiger partial charge in [0.2, 0.25) is 6.79 Å². The van der Waals surface area contributed by atoms with Crippen LogP contribution in [0.5, 0.6) is 11.5 Å². The third-order valence-electron chi connectivity index (χ3n) is 2.99. The summed E-state index contributed by atoms with van der Waals surface area (Å²) < 4.78 is 20.4. The first-order valence-corrected chi connectivity index (χ1v) is 6.53. The first-order chi connectivity index (χ1) is 10.7. The van der Waals surface area contributed by atoms with E-state index < -0.39 is 24.8 Å². The molecular formula is C13H15N3O6. The smallest absolute Gasteiger partial charge is 0.338 e. The molecule has 9 heteroatoms. The molecule has 1 aromatic rings. The minimum absolute atomic E-state index is 0.0360. The van der Waals surface area contributed by atoms with Crippen molar-refractivity contribution in [2.24, 2.45) is 5.11 Å². The summed E-state index contributed by atoms with van der Waals surface area (Å²) in [6.45, 7) is 0.0970. The Bertz CT molecular complexity index is 571. The molecule has 118 valence electrons. The van der Waals surface area contributed by atoms with E-state index >= 15 is 0 Å². The maximum Gasteiger partial charge on any atom is 0.338 e. The molecule has 1 unspecified atom stereocenters. The lowest BCUT2D eigenvalue weighted by atomic mass is 10.2. The highest BCUT2D eigenvalue weighted by molar-refractivity contribution is 5.95. The number of nitrogens with zero attached hydrogens (tertiary/aromatic N) is 2. The minimum Gasteiger partial charge on any atom is -0.493 e. The molecule has 1 N–H and O–H groups in total. The van der Waals surface area contributed by atoms with Gasteiger partial charge in [-0.2, -0.15) is 0 Å². The third-order valence-corrected chi connectivity index (χ3v) is 2.99. The van der Waals surface area contributed by atoms with Crippen molar-refractivity contribution in [1.82, 2.24) is 4.98 Å². The fourth-order valence-electron chi connectivity index (χ4n) is 1.94. The predicted molar refractivity (Wildman–Crippen MR) is 70.8 cm³/mol. The summed E-state index contributed by atoms with van der Waals surface area (Å²) >= 11 is 0. The molecule has 1 aromatic heterocycles. The number of esters is 1. The fraction of sp³-hybridized carbons (Fsp3) is 0.462. The SMILES string of the molecule is COc1ccnc(C(=O)N=N)c1OCOC(=O)C1CCCO1. The number of carbonyl (C=O) groups is 2. The molecule has 1 fully saturated rings. The molecule has 1 aliphatic rings. The van der Waals surface area contributed by atoms with Gasteiger partial charge in [0, 0.05) is 18.9 Å². The van der Waals surface area contributed by atoms with Gasteiger partial charge in [-0.3, -0.25) is 4.79 Å². The average molecular weight is 309 g/mol. The van der Waals surface area contributed by atoms with Crippen molar-refractivity contribution in [3.63, 3.8) is 0 Å². The minimum atomic E-state index is -0.889. The Morgan fingerprint density at radius 1 is 1.55 bits per heavy atom. The zero-order chi connectivity index (χ0) is 15.9. The summed E-state index contributed by atoms with van der Waals surface area (Å²) in [6.07, 6.45) is 2.16. The van der Waals surface area contributed by atoms with Crippen molar-refractivity contribution >= 4 is 11.9 Å². The lowest BCUT2D eigenvalue weighted by molar-refractivity contribution is -0.160. The van der Waals surface area contributed by atoms with Gasteiger partial charge < -0.3 is 18.9 Å². The van der Waals surface area contributed by atoms with Gasteiger partial charge in [0.15, 0.2) is 23.3 Å². The Kier molecular flexibility index (Phi) is 5.37. The van der Waals surface area contributed by atoms with E-state index in [1.807, 2.05) is 0 Å². The second-order valence-corrected chi connectivity index (χ2v) is 4.34. The van der Waals surface area contributed by atoms with Crippen molar-refractivity contribution in [3.05, 3.63) is 18.0 Å². The highest BCUT2D eigenvalue weighted by Crippen LogP contribution is 2.30. The molecule has 0 saturated carbocycles. The van der Waals surface area contributed by atoms with Crippen LogP contribution in [0.15, 0.2) is 17.4 Å². The second-order valence-electron chi connectivity index (χ2n) is 4.34. The Morgan fingerprint density at radius 3 is 3.00 bits per heavy atom. The monoisotopic (exact) mass is 309 g/mol. The van der Waals surface area contributed by atoms with E-state index in [2.05, 4.69) is 10.1 Å². The van der Waals surface area contributed by atoms with E-state index in [9.17, 15) is 9.59 Å². The first-order valence-electron chi connectivity index (χ1n) is 6.53. The number of ether oxygens (including phenoxy) is 4. The van der Waals surface area contributed by atoms with E-state index in [0.717, 1.165) is 6.42 Å². The number of hydrogen-bond donors (Lipinski definition) is 1. The molecule has 1 atom stereocenters. The van der Waals surface area contributed by atoms with Gasteiger partial charge in [-0.1, -0.05) is 0 Å². The quantitative estimate of drug-likeness (QED) is 0.478. The second kappa shape index (κ2) is 7.46. The number of pyridine rings is 1. The molecule has 1 saturated heterocycles. The van der Waals surface area contributed by atoms with Crippen LogP contribution in [-0.4, -0.2) is 43.5 Å². The zero-order valence-electron chi connectivity index (χ0n) is 11.9. The summed E-state index contributed by atoms with van der Waals surface area (Å²) in [4.78, 5) is 27.0. The Balaban J connectivity index is 2.03. The number of nitrogens with one attached hydrogen (secondary N) is 1. The van der Waals surface area contributed by atoms with E-state index in [-0.39, 0.29) is 17.2 Å². The third kappa shape index (κ3) is 3.55. The summed E-state index contributed by atoms with van der Waals surface area (Å²) in [6, 6.07) is 1.47. The maximum atomic E-state index is 11.7. The molecule has 1 aliphatic heterocycles. The molecule has 9 nitrogen and oxygen atoms in total. The molecule has 0 bridgehead atoms. The zero-order valence-corrected chi connectivity index (χ0v) is 11.9. The molecular weight excluding hydrogens is 294 g/mol. The number of rotatable bonds is 6. The molecule has 0 radical (unpaired) electrons. The number of aromatic nitrogens is 1. The van der Waals surface area contributed by atoms with E-state index in [1.54, 1.807) is 0 Å². The van der Waals surface area contributed by atoms with Gasteiger partial charge in [0.05, 0.1) is 7.11 Å². The van der Waals surface area contributed by atoms with E-state index in [1.165, 1.54) is 19.4 Å². The molecule has 1 amide bonds. The Morgan fingerprint density at radius 2 is 2.36 bits per heavy atom. The lowest BCUT2D eigenvalue weighted by Crippen LogP contribution is -2.24. The molecule has 0 aliphatic carbocycles. The summed E-state index contributed by atoms with van der Waals surface area (Å²) in [5.41, 5.74) is 6.57. The van der Waals surface area contributed by atoms with Gasteiger partial charge in [0.25, 0.3) is 0 Å². The van der Waals surface area contributed by atoms with E-state index in [4.69, 9.17) is 24.5 Å². The summed E-state index contributed by atoms with van der Waals surface area (Å²) in [5.74, 6) is -1.24. The summed E-state index contributed by atoms with van der Waals surface area (Å²) in [5, 5.41) is 2.79. The van der Waals surface area contributed by atoms with Crippen molar-refractivity contribution < 1.29 is 28.5 Å². The standard InChI is InChI=1S/C13H15N3O6/c1-19-8-4-5-15-10(12(17)16-14)11(8)21-7-22-13(18)9-3-2-6-20-9/h4-5,9,14H,2-3,6-7H2,1H3. The van der Waals surface area contributed by atoms with Crippen molar-refractivity contribution in [2.75, 3.05) is 20.5 Å². The molecule has 0 spiro atoms. The van der Waals surface area contributed by atoms with Crippen LogP contribution in [0.2, 0.25) is 0 Å². The molecule has 0 aromatic carbocycles. The largest absolute Gasteiger partial charge is 0.493 e. The first kappa shape index (κ1) is 15.8. The predicted octanol–water partition coefficient (Wildman–Crippen LogP) is 1.32. The Labute approximate surface area is 126 Å². The van der Waals surface area contributed by atoms with Gasteiger partial charge in [-0.05, 0) is 12.8 Å². The van der Waals surface area contributed by atoms with Crippen LogP contribution in [0.1, 0.15) is 23.3 Å². The van der Waals surface area contributed by atoms with Gasteiger partial charge in [0.1, 0.15) is 0 Å². The van der Waals surface area contributed by atoms with Crippen molar-refractivity contribution in [2.45, 2.75) is 18.9 Å². The normalized spacial score (nSPS) is 16.9. The van der Waals surface area contributed by atoms with Crippen LogP contribution < -0.4 is 9.47 Å². The molecule has 22 heavy (non-hydrogen) atoms. The van der Waals surface area contributed by atoms with E-state index in [0.29, 0.717) is 13.0 Å². The number of carbonyl (C=O) groups excluding carboxylic acids is 2. The van der Waals surface area contributed by atoms with Gasteiger partial charge >= 0.3 is 11.9 Å². The molecule has 2 heterocycles. The van der Waals surface area contributed by atoms with Crippen LogP contribution in [0.25, 0.3) is 0 Å². The fourth-order valence-corrected chi connectivity index (χ4v) is 1.94. The highest BCUT2D eigenvalue weighted by Gasteiger charge is 2.25. The lowest BCUT2D eigenvalue weighted by Gasteiger charge is -2.13. The topological polar surface area (TPSA) is 120 Å². The Hall–Kier alpha value is -2.55. The molecule has 2 rings (SSSR count). The number of amides is 1. The van der Waals surface area contributed by atoms with Crippen LogP contribution in [-0.2, 0) is 14.3 Å². The van der Waals surface area contributed by atoms with Crippen LogP contribution in [0, 0.1) is 5.53 Å². The number of methoxy groups -OCH3 is 1.